The second-order valence-corrected chi connectivity index (χ2v) is 3.23. The molecule has 0 radical (unpaired) electrons. The monoisotopic (exact) mass is 226 g/mol. The molecule has 0 aliphatic heterocycles. The number of rotatable bonds is 1. The Morgan fingerprint density at radius 2 is 2.25 bits per heavy atom. The molecule has 0 spiro atoms. The van der Waals surface area contributed by atoms with Crippen molar-refractivity contribution in [2.75, 3.05) is 0 Å². The minimum Gasteiger partial charge on any atom is -0.319 e. The summed E-state index contributed by atoms with van der Waals surface area (Å²) in [5, 5.41) is 4.16. The molecule has 62 valence electrons. The summed E-state index contributed by atoms with van der Waals surface area (Å²) >= 11 is 3.27. The summed E-state index contributed by atoms with van der Waals surface area (Å²) in [5.74, 6) is 0.806. The quantitative estimate of drug-likeness (QED) is 0.737. The van der Waals surface area contributed by atoms with Crippen LogP contribution in [0.1, 0.15) is 0 Å². The van der Waals surface area contributed by atoms with Crippen molar-refractivity contribution >= 4 is 15.9 Å². The number of aryl methyl sites for hydroxylation is 1. The molecule has 0 amide bonds. The van der Waals surface area contributed by atoms with Crippen LogP contribution in [0.3, 0.4) is 0 Å². The molecule has 2 aromatic heterocycles. The van der Waals surface area contributed by atoms with E-state index in [1.165, 1.54) is 0 Å². The van der Waals surface area contributed by atoms with Crippen LogP contribution in [-0.2, 0) is 7.05 Å². The third-order valence-corrected chi connectivity index (χ3v) is 1.98. The van der Waals surface area contributed by atoms with Crippen molar-refractivity contribution in [1.29, 1.82) is 0 Å². The first-order valence-corrected chi connectivity index (χ1v) is 4.25. The Bertz CT molecular complexity index is 390. The predicted molar refractivity (Wildman–Crippen MR) is 48.0 cm³/mol. The van der Waals surface area contributed by atoms with Crippen molar-refractivity contribution in [3.8, 4) is 5.95 Å². The van der Waals surface area contributed by atoms with Crippen LogP contribution in [0.4, 0.5) is 0 Å². The molecule has 0 saturated heterocycles. The van der Waals surface area contributed by atoms with E-state index in [2.05, 4.69) is 26.0 Å². The maximum absolute atomic E-state index is 4.16. The van der Waals surface area contributed by atoms with Gasteiger partial charge in [0, 0.05) is 25.6 Å². The molecule has 0 unspecified atom stereocenters. The summed E-state index contributed by atoms with van der Waals surface area (Å²) in [6.45, 7) is 0. The molecule has 0 fully saturated rings. The highest BCUT2D eigenvalue weighted by atomic mass is 79.9. The van der Waals surface area contributed by atoms with Gasteiger partial charge in [0.05, 0.1) is 0 Å². The molecular weight excluding hydrogens is 220 g/mol. The number of imidazole rings is 1. The van der Waals surface area contributed by atoms with E-state index in [0.717, 1.165) is 10.6 Å². The van der Waals surface area contributed by atoms with Gasteiger partial charge in [-0.25, -0.2) is 9.67 Å². The van der Waals surface area contributed by atoms with Crippen LogP contribution in [-0.4, -0.2) is 19.3 Å². The fourth-order valence-electron chi connectivity index (χ4n) is 0.992. The van der Waals surface area contributed by atoms with E-state index < -0.39 is 0 Å². The zero-order valence-electron chi connectivity index (χ0n) is 6.48. The second kappa shape index (κ2) is 2.75. The van der Waals surface area contributed by atoms with Crippen molar-refractivity contribution in [2.24, 2.45) is 7.05 Å². The van der Waals surface area contributed by atoms with Gasteiger partial charge in [-0.15, -0.1) is 0 Å². The normalized spacial score (nSPS) is 10.5. The topological polar surface area (TPSA) is 35.6 Å². The number of nitrogens with zero attached hydrogens (tertiary/aromatic N) is 4. The van der Waals surface area contributed by atoms with Crippen LogP contribution in [0.25, 0.3) is 5.95 Å². The molecule has 0 bridgehead atoms. The molecule has 2 aromatic rings. The Hall–Kier alpha value is -1.10. The molecule has 0 aliphatic carbocycles. The maximum Gasteiger partial charge on any atom is 0.230 e. The molecule has 0 aliphatic rings. The summed E-state index contributed by atoms with van der Waals surface area (Å²) in [5.41, 5.74) is 0. The molecule has 4 nitrogen and oxygen atoms in total. The van der Waals surface area contributed by atoms with E-state index >= 15 is 0 Å². The molecular formula is C7H7BrN4. The fourth-order valence-corrected chi connectivity index (χ4v) is 1.28. The number of hydrogen-bond acceptors (Lipinski definition) is 2. The maximum atomic E-state index is 4.16. The van der Waals surface area contributed by atoms with Gasteiger partial charge in [0.2, 0.25) is 5.95 Å². The largest absolute Gasteiger partial charge is 0.319 e. The molecule has 2 rings (SSSR count). The van der Waals surface area contributed by atoms with Gasteiger partial charge in [0.1, 0.15) is 4.60 Å². The minimum atomic E-state index is 0.806. The highest BCUT2D eigenvalue weighted by molar-refractivity contribution is 9.10. The van der Waals surface area contributed by atoms with Gasteiger partial charge in [-0.3, -0.25) is 0 Å². The van der Waals surface area contributed by atoms with Gasteiger partial charge in [0.15, 0.2) is 0 Å². The van der Waals surface area contributed by atoms with E-state index in [0.29, 0.717) is 0 Å². The average Bonchev–Trinajstić information content (AvgIpc) is 2.58. The number of aromatic nitrogens is 4. The third kappa shape index (κ3) is 1.16. The Labute approximate surface area is 78.0 Å². The van der Waals surface area contributed by atoms with Gasteiger partial charge >= 0.3 is 0 Å². The van der Waals surface area contributed by atoms with Crippen molar-refractivity contribution in [1.82, 2.24) is 19.3 Å². The highest BCUT2D eigenvalue weighted by Crippen LogP contribution is 2.08. The van der Waals surface area contributed by atoms with E-state index in [1.807, 2.05) is 30.1 Å². The summed E-state index contributed by atoms with van der Waals surface area (Å²) in [6.07, 6.45) is 5.47. The smallest absolute Gasteiger partial charge is 0.230 e. The number of hydrogen-bond donors (Lipinski definition) is 0. The predicted octanol–water partition coefficient (Wildman–Crippen LogP) is 1.37. The van der Waals surface area contributed by atoms with Crippen LogP contribution in [0.2, 0.25) is 0 Å². The first-order valence-electron chi connectivity index (χ1n) is 3.46. The summed E-state index contributed by atoms with van der Waals surface area (Å²) in [6, 6.07) is 1.87. The zero-order chi connectivity index (χ0) is 8.55. The van der Waals surface area contributed by atoms with E-state index in [4.69, 9.17) is 0 Å². The summed E-state index contributed by atoms with van der Waals surface area (Å²) < 4.78 is 4.43. The van der Waals surface area contributed by atoms with Gasteiger partial charge in [0.25, 0.3) is 0 Å². The molecule has 12 heavy (non-hydrogen) atoms. The van der Waals surface area contributed by atoms with E-state index in [9.17, 15) is 0 Å². The van der Waals surface area contributed by atoms with Gasteiger partial charge in [-0.2, -0.15) is 5.10 Å². The van der Waals surface area contributed by atoms with Crippen molar-refractivity contribution in [3.63, 3.8) is 0 Å². The van der Waals surface area contributed by atoms with Gasteiger partial charge < -0.3 is 4.57 Å². The van der Waals surface area contributed by atoms with Crippen molar-refractivity contribution < 1.29 is 0 Å². The molecule has 0 atom stereocenters. The SMILES string of the molecule is Cn1ccnc1-n1ccc(Br)n1. The lowest BCUT2D eigenvalue weighted by molar-refractivity contribution is 0.746. The first-order chi connectivity index (χ1) is 5.77. The second-order valence-electron chi connectivity index (χ2n) is 2.42. The van der Waals surface area contributed by atoms with Crippen LogP contribution in [0.15, 0.2) is 29.3 Å². The lowest BCUT2D eigenvalue weighted by Crippen LogP contribution is -2.02. The molecule has 2 heterocycles. The van der Waals surface area contributed by atoms with Crippen LogP contribution in [0, 0.1) is 0 Å². The fraction of sp³-hybridized carbons (Fsp3) is 0.143. The molecule has 0 N–H and O–H groups in total. The lowest BCUT2D eigenvalue weighted by atomic mass is 10.7. The van der Waals surface area contributed by atoms with Gasteiger partial charge in [-0.1, -0.05) is 0 Å². The Morgan fingerprint density at radius 1 is 1.42 bits per heavy atom. The van der Waals surface area contributed by atoms with Crippen LogP contribution in [0.5, 0.6) is 0 Å². The van der Waals surface area contributed by atoms with Crippen molar-refractivity contribution in [2.45, 2.75) is 0 Å². The summed E-state index contributed by atoms with van der Waals surface area (Å²) in [7, 11) is 1.93. The number of halogens is 1. The minimum absolute atomic E-state index is 0.806. The third-order valence-electron chi connectivity index (χ3n) is 1.56. The average molecular weight is 227 g/mol. The first kappa shape index (κ1) is 7.54. The Morgan fingerprint density at radius 3 is 2.75 bits per heavy atom. The molecule has 5 heteroatoms. The Kier molecular flexibility index (Phi) is 1.73. The van der Waals surface area contributed by atoms with E-state index in [1.54, 1.807) is 10.9 Å². The van der Waals surface area contributed by atoms with E-state index in [-0.39, 0.29) is 0 Å². The summed E-state index contributed by atoms with van der Waals surface area (Å²) in [4.78, 5) is 4.14. The Balaban J connectivity index is 2.50. The standard InChI is InChI=1S/C7H7BrN4/c1-11-5-3-9-7(11)12-4-2-6(8)10-12/h2-5H,1H3. The van der Waals surface area contributed by atoms with Crippen LogP contribution < -0.4 is 0 Å². The highest BCUT2D eigenvalue weighted by Gasteiger charge is 2.02. The molecule has 0 saturated carbocycles. The molecule has 0 aromatic carbocycles. The zero-order valence-corrected chi connectivity index (χ0v) is 8.06. The van der Waals surface area contributed by atoms with Gasteiger partial charge in [-0.05, 0) is 22.0 Å². The lowest BCUT2D eigenvalue weighted by Gasteiger charge is -1.98. The van der Waals surface area contributed by atoms with Crippen molar-refractivity contribution in [3.05, 3.63) is 29.3 Å². The van der Waals surface area contributed by atoms with Crippen LogP contribution >= 0.6 is 15.9 Å².